The molecule has 6 heteroatoms. The number of ether oxygens (including phenoxy) is 2. The summed E-state index contributed by atoms with van der Waals surface area (Å²) in [6, 6.07) is 4.26. The minimum absolute atomic E-state index is 0.0583. The van der Waals surface area contributed by atoms with Crippen molar-refractivity contribution in [3.8, 4) is 5.75 Å². The predicted octanol–water partition coefficient (Wildman–Crippen LogP) is 2.60. The Bertz CT molecular complexity index is 446. The van der Waals surface area contributed by atoms with Crippen molar-refractivity contribution in [2.75, 3.05) is 6.61 Å². The van der Waals surface area contributed by atoms with Gasteiger partial charge in [-0.05, 0) is 31.0 Å². The molecule has 0 heterocycles. The highest BCUT2D eigenvalue weighted by Gasteiger charge is 2.17. The number of rotatable bonds is 7. The standard InChI is InChI=1S/C13H14F2O4/c1-2-18-12(17)10-6-5-9(4-3-7-16)8-11(10)19-13(14)15/h5-8,13H,2-4H2,1H3. The first-order valence-electron chi connectivity index (χ1n) is 5.77. The molecule has 0 aliphatic heterocycles. The number of hydrogen-bond donors (Lipinski definition) is 0. The van der Waals surface area contributed by atoms with Crippen LogP contribution in [0.1, 0.15) is 29.3 Å². The molecule has 0 radical (unpaired) electrons. The van der Waals surface area contributed by atoms with Crippen molar-refractivity contribution in [3.63, 3.8) is 0 Å². The minimum atomic E-state index is -3.03. The van der Waals surface area contributed by atoms with Gasteiger partial charge in [-0.25, -0.2) is 4.79 Å². The molecule has 0 atom stereocenters. The van der Waals surface area contributed by atoms with Crippen LogP contribution in [-0.2, 0) is 16.0 Å². The van der Waals surface area contributed by atoms with Crippen LogP contribution in [0, 0.1) is 0 Å². The molecule has 0 amide bonds. The Morgan fingerprint density at radius 2 is 2.16 bits per heavy atom. The van der Waals surface area contributed by atoms with Gasteiger partial charge in [-0.15, -0.1) is 0 Å². The number of aldehydes is 1. The van der Waals surface area contributed by atoms with Crippen LogP contribution in [0.15, 0.2) is 18.2 Å². The molecule has 0 aromatic heterocycles. The molecule has 1 rings (SSSR count). The summed E-state index contributed by atoms with van der Waals surface area (Å²) in [5.74, 6) is -0.961. The van der Waals surface area contributed by atoms with Gasteiger partial charge in [0, 0.05) is 6.42 Å². The molecule has 0 bridgehead atoms. The molecular formula is C13H14F2O4. The average Bonchev–Trinajstić information content (AvgIpc) is 2.36. The van der Waals surface area contributed by atoms with Gasteiger partial charge in [0.05, 0.1) is 6.61 Å². The Morgan fingerprint density at radius 1 is 1.42 bits per heavy atom. The fraction of sp³-hybridized carbons (Fsp3) is 0.385. The maximum Gasteiger partial charge on any atom is 0.387 e. The van der Waals surface area contributed by atoms with Crippen molar-refractivity contribution < 1.29 is 27.8 Å². The fourth-order valence-electron chi connectivity index (χ4n) is 1.52. The van der Waals surface area contributed by atoms with E-state index in [4.69, 9.17) is 4.74 Å². The van der Waals surface area contributed by atoms with Crippen LogP contribution >= 0.6 is 0 Å². The minimum Gasteiger partial charge on any atom is -0.462 e. The van der Waals surface area contributed by atoms with Gasteiger partial charge in [-0.2, -0.15) is 8.78 Å². The molecule has 0 spiro atoms. The molecule has 0 aliphatic rings. The van der Waals surface area contributed by atoms with E-state index in [0.29, 0.717) is 12.0 Å². The number of carbonyl (C=O) groups excluding carboxylic acids is 2. The fourth-order valence-corrected chi connectivity index (χ4v) is 1.52. The molecule has 104 valence electrons. The van der Waals surface area contributed by atoms with E-state index in [9.17, 15) is 18.4 Å². The van der Waals surface area contributed by atoms with E-state index >= 15 is 0 Å². The summed E-state index contributed by atoms with van der Waals surface area (Å²) >= 11 is 0. The van der Waals surface area contributed by atoms with Crippen LogP contribution in [0.5, 0.6) is 5.75 Å². The van der Waals surface area contributed by atoms with Crippen LogP contribution in [-0.4, -0.2) is 25.5 Å². The number of aryl methyl sites for hydroxylation is 1. The number of carbonyl (C=O) groups is 2. The average molecular weight is 272 g/mol. The van der Waals surface area contributed by atoms with Gasteiger partial charge in [0.15, 0.2) is 0 Å². The lowest BCUT2D eigenvalue weighted by molar-refractivity contribution is -0.107. The summed E-state index contributed by atoms with van der Waals surface area (Å²) in [5, 5.41) is 0. The summed E-state index contributed by atoms with van der Waals surface area (Å²) in [7, 11) is 0. The van der Waals surface area contributed by atoms with Gasteiger partial charge < -0.3 is 14.3 Å². The van der Waals surface area contributed by atoms with Crippen LogP contribution in [0.2, 0.25) is 0 Å². The molecule has 4 nitrogen and oxygen atoms in total. The first-order valence-corrected chi connectivity index (χ1v) is 5.77. The van der Waals surface area contributed by atoms with Crippen LogP contribution in [0.25, 0.3) is 0 Å². The molecule has 0 fully saturated rings. The molecule has 0 saturated carbocycles. The predicted molar refractivity (Wildman–Crippen MR) is 63.4 cm³/mol. The molecule has 0 aliphatic carbocycles. The van der Waals surface area contributed by atoms with Crippen molar-refractivity contribution in [2.45, 2.75) is 26.4 Å². The molecule has 1 aromatic carbocycles. The summed E-state index contributed by atoms with van der Waals surface area (Å²) in [5.41, 5.74) is 0.577. The Balaban J connectivity index is 3.01. The number of benzene rings is 1. The summed E-state index contributed by atoms with van der Waals surface area (Å²) in [6.45, 7) is -1.28. The molecule has 1 aromatic rings. The third-order valence-electron chi connectivity index (χ3n) is 2.31. The van der Waals surface area contributed by atoms with E-state index in [1.54, 1.807) is 13.0 Å². The second kappa shape index (κ2) is 7.45. The molecule has 0 N–H and O–H groups in total. The number of esters is 1. The second-order valence-electron chi connectivity index (χ2n) is 3.63. The normalized spacial score (nSPS) is 10.3. The zero-order chi connectivity index (χ0) is 14.3. The van der Waals surface area contributed by atoms with Crippen molar-refractivity contribution in [1.29, 1.82) is 0 Å². The second-order valence-corrected chi connectivity index (χ2v) is 3.63. The van der Waals surface area contributed by atoms with E-state index < -0.39 is 12.6 Å². The summed E-state index contributed by atoms with van der Waals surface area (Å²) in [6.07, 6.45) is 1.39. The van der Waals surface area contributed by atoms with E-state index in [-0.39, 0.29) is 24.3 Å². The third kappa shape index (κ3) is 4.65. The molecule has 19 heavy (non-hydrogen) atoms. The Hall–Kier alpha value is -1.98. The van der Waals surface area contributed by atoms with Crippen molar-refractivity contribution in [1.82, 2.24) is 0 Å². The Kier molecular flexibility index (Phi) is 5.92. The zero-order valence-electron chi connectivity index (χ0n) is 10.4. The van der Waals surface area contributed by atoms with Gasteiger partial charge in [-0.1, -0.05) is 6.07 Å². The first kappa shape index (κ1) is 15.1. The zero-order valence-corrected chi connectivity index (χ0v) is 10.4. The maximum atomic E-state index is 12.3. The van der Waals surface area contributed by atoms with Gasteiger partial charge in [0.2, 0.25) is 0 Å². The SMILES string of the molecule is CCOC(=O)c1ccc(CCC=O)cc1OC(F)F. The Labute approximate surface area is 109 Å². The largest absolute Gasteiger partial charge is 0.462 e. The van der Waals surface area contributed by atoms with E-state index in [0.717, 1.165) is 6.29 Å². The van der Waals surface area contributed by atoms with E-state index in [1.165, 1.54) is 12.1 Å². The van der Waals surface area contributed by atoms with Gasteiger partial charge in [0.25, 0.3) is 0 Å². The first-order chi connectivity index (χ1) is 9.08. The Morgan fingerprint density at radius 3 is 2.74 bits per heavy atom. The highest BCUT2D eigenvalue weighted by Crippen LogP contribution is 2.24. The van der Waals surface area contributed by atoms with Gasteiger partial charge in [0.1, 0.15) is 17.6 Å². The summed E-state index contributed by atoms with van der Waals surface area (Å²) in [4.78, 5) is 21.8. The van der Waals surface area contributed by atoms with E-state index in [1.807, 2.05) is 0 Å². The number of alkyl halides is 2. The maximum absolute atomic E-state index is 12.3. The van der Waals surface area contributed by atoms with E-state index in [2.05, 4.69) is 4.74 Å². The molecule has 0 unspecified atom stereocenters. The topological polar surface area (TPSA) is 52.6 Å². The van der Waals surface area contributed by atoms with Crippen molar-refractivity contribution in [2.24, 2.45) is 0 Å². The number of halogens is 2. The van der Waals surface area contributed by atoms with Gasteiger partial charge >= 0.3 is 12.6 Å². The van der Waals surface area contributed by atoms with Crippen LogP contribution in [0.3, 0.4) is 0 Å². The van der Waals surface area contributed by atoms with Gasteiger partial charge in [-0.3, -0.25) is 0 Å². The molecule has 0 saturated heterocycles. The van der Waals surface area contributed by atoms with Crippen molar-refractivity contribution in [3.05, 3.63) is 29.3 Å². The van der Waals surface area contributed by atoms with Crippen LogP contribution < -0.4 is 4.74 Å². The van der Waals surface area contributed by atoms with Crippen LogP contribution in [0.4, 0.5) is 8.78 Å². The lowest BCUT2D eigenvalue weighted by Crippen LogP contribution is -2.11. The monoisotopic (exact) mass is 272 g/mol. The third-order valence-corrected chi connectivity index (χ3v) is 2.31. The summed E-state index contributed by atoms with van der Waals surface area (Å²) < 4.78 is 33.7. The number of hydrogen-bond acceptors (Lipinski definition) is 4. The highest BCUT2D eigenvalue weighted by molar-refractivity contribution is 5.92. The molecular weight excluding hydrogens is 258 g/mol. The quantitative estimate of drug-likeness (QED) is 0.565. The smallest absolute Gasteiger partial charge is 0.387 e. The highest BCUT2D eigenvalue weighted by atomic mass is 19.3. The lowest BCUT2D eigenvalue weighted by Gasteiger charge is -2.11. The lowest BCUT2D eigenvalue weighted by atomic mass is 10.1. The van der Waals surface area contributed by atoms with Crippen molar-refractivity contribution >= 4 is 12.3 Å².